The lowest BCUT2D eigenvalue weighted by Gasteiger charge is -2.32. The fourth-order valence-corrected chi connectivity index (χ4v) is 2.52. The number of carbonyl (C=O) groups is 1. The van der Waals surface area contributed by atoms with Crippen molar-refractivity contribution in [3.8, 4) is 0 Å². The molecule has 2 N–H and O–H groups in total. The van der Waals surface area contributed by atoms with E-state index < -0.39 is 0 Å². The SMILES string of the molecule is CN(C)C1CCC(OC(=O)c2ccc(N)cc2)CC1. The molecule has 0 spiro atoms. The summed E-state index contributed by atoms with van der Waals surface area (Å²) in [5.74, 6) is -0.242. The second-order valence-electron chi connectivity index (χ2n) is 5.42. The Morgan fingerprint density at radius 1 is 1.16 bits per heavy atom. The van der Waals surface area contributed by atoms with Crippen molar-refractivity contribution in [2.24, 2.45) is 0 Å². The van der Waals surface area contributed by atoms with Gasteiger partial charge in [0.25, 0.3) is 0 Å². The average Bonchev–Trinajstić information content (AvgIpc) is 2.40. The van der Waals surface area contributed by atoms with Crippen LogP contribution in [0.2, 0.25) is 0 Å². The first-order valence-electron chi connectivity index (χ1n) is 6.79. The van der Waals surface area contributed by atoms with Crippen molar-refractivity contribution in [1.82, 2.24) is 4.90 Å². The zero-order valence-electron chi connectivity index (χ0n) is 11.6. The molecule has 1 fully saturated rings. The molecular formula is C15H22N2O2. The van der Waals surface area contributed by atoms with Gasteiger partial charge in [0.15, 0.2) is 0 Å². The minimum absolute atomic E-state index is 0.0567. The first kappa shape index (κ1) is 13.9. The summed E-state index contributed by atoms with van der Waals surface area (Å²) in [6.45, 7) is 0. The maximum Gasteiger partial charge on any atom is 0.338 e. The predicted molar refractivity (Wildman–Crippen MR) is 76.0 cm³/mol. The molecule has 104 valence electrons. The van der Waals surface area contributed by atoms with E-state index in [0.717, 1.165) is 25.7 Å². The van der Waals surface area contributed by atoms with Gasteiger partial charge in [-0.25, -0.2) is 4.79 Å². The molecule has 0 aromatic heterocycles. The summed E-state index contributed by atoms with van der Waals surface area (Å²) >= 11 is 0. The summed E-state index contributed by atoms with van der Waals surface area (Å²) in [5, 5.41) is 0. The summed E-state index contributed by atoms with van der Waals surface area (Å²) in [6, 6.07) is 7.48. The van der Waals surface area contributed by atoms with Crippen LogP contribution in [0.3, 0.4) is 0 Å². The molecule has 0 unspecified atom stereocenters. The van der Waals surface area contributed by atoms with E-state index in [1.165, 1.54) is 0 Å². The third kappa shape index (κ3) is 3.70. The van der Waals surface area contributed by atoms with E-state index in [0.29, 0.717) is 17.3 Å². The number of nitrogens with two attached hydrogens (primary N) is 1. The van der Waals surface area contributed by atoms with Gasteiger partial charge in [0, 0.05) is 11.7 Å². The first-order valence-corrected chi connectivity index (χ1v) is 6.79. The van der Waals surface area contributed by atoms with Gasteiger partial charge in [-0.2, -0.15) is 0 Å². The topological polar surface area (TPSA) is 55.6 Å². The Morgan fingerprint density at radius 3 is 2.26 bits per heavy atom. The number of rotatable bonds is 3. The van der Waals surface area contributed by atoms with Crippen LogP contribution in [0.4, 0.5) is 5.69 Å². The third-order valence-corrected chi connectivity index (χ3v) is 3.79. The quantitative estimate of drug-likeness (QED) is 0.671. The minimum atomic E-state index is -0.242. The number of benzene rings is 1. The van der Waals surface area contributed by atoms with Gasteiger partial charge in [0.1, 0.15) is 6.10 Å². The van der Waals surface area contributed by atoms with Gasteiger partial charge in [-0.3, -0.25) is 0 Å². The van der Waals surface area contributed by atoms with Gasteiger partial charge < -0.3 is 15.4 Å². The van der Waals surface area contributed by atoms with Crippen molar-refractivity contribution >= 4 is 11.7 Å². The van der Waals surface area contributed by atoms with Crippen molar-refractivity contribution in [3.63, 3.8) is 0 Å². The molecule has 0 aliphatic heterocycles. The number of nitrogens with zero attached hydrogens (tertiary/aromatic N) is 1. The van der Waals surface area contributed by atoms with Crippen LogP contribution in [-0.4, -0.2) is 37.1 Å². The molecule has 2 rings (SSSR count). The molecular weight excluding hydrogens is 240 g/mol. The molecule has 1 saturated carbocycles. The molecule has 1 aliphatic rings. The van der Waals surface area contributed by atoms with Gasteiger partial charge in [-0.1, -0.05) is 0 Å². The van der Waals surface area contributed by atoms with Crippen LogP contribution in [-0.2, 0) is 4.74 Å². The molecule has 0 radical (unpaired) electrons. The van der Waals surface area contributed by atoms with Crippen molar-refractivity contribution < 1.29 is 9.53 Å². The normalized spacial score (nSPS) is 23.3. The second kappa shape index (κ2) is 6.06. The van der Waals surface area contributed by atoms with E-state index in [1.54, 1.807) is 24.3 Å². The van der Waals surface area contributed by atoms with E-state index in [4.69, 9.17) is 10.5 Å². The lowest BCUT2D eigenvalue weighted by molar-refractivity contribution is 0.0143. The van der Waals surface area contributed by atoms with Gasteiger partial charge >= 0.3 is 5.97 Å². The number of hydrogen-bond donors (Lipinski definition) is 1. The number of carbonyl (C=O) groups excluding carboxylic acids is 1. The Labute approximate surface area is 114 Å². The molecule has 4 heteroatoms. The molecule has 0 bridgehead atoms. The highest BCUT2D eigenvalue weighted by atomic mass is 16.5. The highest BCUT2D eigenvalue weighted by Gasteiger charge is 2.25. The molecule has 1 aromatic carbocycles. The molecule has 0 heterocycles. The van der Waals surface area contributed by atoms with E-state index in [-0.39, 0.29) is 12.1 Å². The lowest BCUT2D eigenvalue weighted by atomic mass is 9.92. The zero-order valence-corrected chi connectivity index (χ0v) is 11.6. The van der Waals surface area contributed by atoms with Gasteiger partial charge in [0.2, 0.25) is 0 Å². The van der Waals surface area contributed by atoms with Crippen LogP contribution in [0.5, 0.6) is 0 Å². The average molecular weight is 262 g/mol. The standard InChI is InChI=1S/C15H22N2O2/c1-17(2)13-7-9-14(10-8-13)19-15(18)11-3-5-12(16)6-4-11/h3-6,13-14H,7-10,16H2,1-2H3. The fraction of sp³-hybridized carbons (Fsp3) is 0.533. The lowest BCUT2D eigenvalue weighted by Crippen LogP contribution is -2.35. The van der Waals surface area contributed by atoms with Gasteiger partial charge in [-0.05, 0) is 64.0 Å². The highest BCUT2D eigenvalue weighted by Crippen LogP contribution is 2.24. The monoisotopic (exact) mass is 262 g/mol. The Bertz CT molecular complexity index is 420. The Kier molecular flexibility index (Phi) is 4.43. The van der Waals surface area contributed by atoms with E-state index in [1.807, 2.05) is 0 Å². The van der Waals surface area contributed by atoms with E-state index in [9.17, 15) is 4.79 Å². The van der Waals surface area contributed by atoms with Crippen LogP contribution < -0.4 is 5.73 Å². The Morgan fingerprint density at radius 2 is 1.74 bits per heavy atom. The number of hydrogen-bond acceptors (Lipinski definition) is 4. The summed E-state index contributed by atoms with van der Waals surface area (Å²) in [5.41, 5.74) is 6.83. The number of ether oxygens (including phenoxy) is 1. The molecule has 19 heavy (non-hydrogen) atoms. The van der Waals surface area contributed by atoms with E-state index in [2.05, 4.69) is 19.0 Å². The van der Waals surface area contributed by atoms with Crippen molar-refractivity contribution in [2.75, 3.05) is 19.8 Å². The molecule has 4 nitrogen and oxygen atoms in total. The second-order valence-corrected chi connectivity index (χ2v) is 5.42. The number of nitrogen functional groups attached to an aromatic ring is 1. The molecule has 1 aromatic rings. The Hall–Kier alpha value is -1.55. The largest absolute Gasteiger partial charge is 0.459 e. The van der Waals surface area contributed by atoms with Crippen LogP contribution in [0.15, 0.2) is 24.3 Å². The highest BCUT2D eigenvalue weighted by molar-refractivity contribution is 5.89. The Balaban J connectivity index is 1.85. The third-order valence-electron chi connectivity index (χ3n) is 3.79. The maximum atomic E-state index is 12.0. The van der Waals surface area contributed by atoms with Crippen molar-refractivity contribution in [2.45, 2.75) is 37.8 Å². The number of anilines is 1. The summed E-state index contributed by atoms with van der Waals surface area (Å²) in [6.07, 6.45) is 4.13. The summed E-state index contributed by atoms with van der Waals surface area (Å²) in [4.78, 5) is 14.2. The van der Waals surface area contributed by atoms with Gasteiger partial charge in [-0.15, -0.1) is 0 Å². The van der Waals surface area contributed by atoms with Crippen molar-refractivity contribution in [1.29, 1.82) is 0 Å². The smallest absolute Gasteiger partial charge is 0.338 e. The molecule has 0 amide bonds. The molecule has 0 saturated heterocycles. The van der Waals surface area contributed by atoms with E-state index >= 15 is 0 Å². The predicted octanol–water partition coefficient (Wildman–Crippen LogP) is 2.30. The molecule has 0 atom stereocenters. The van der Waals surface area contributed by atoms with Crippen LogP contribution in [0.1, 0.15) is 36.0 Å². The minimum Gasteiger partial charge on any atom is -0.459 e. The van der Waals surface area contributed by atoms with Gasteiger partial charge in [0.05, 0.1) is 5.56 Å². The maximum absolute atomic E-state index is 12.0. The first-order chi connectivity index (χ1) is 9.06. The summed E-state index contributed by atoms with van der Waals surface area (Å²) in [7, 11) is 4.21. The van der Waals surface area contributed by atoms with Crippen LogP contribution in [0.25, 0.3) is 0 Å². The van der Waals surface area contributed by atoms with Crippen molar-refractivity contribution in [3.05, 3.63) is 29.8 Å². The zero-order chi connectivity index (χ0) is 13.8. The summed E-state index contributed by atoms with van der Waals surface area (Å²) < 4.78 is 5.55. The fourth-order valence-electron chi connectivity index (χ4n) is 2.52. The number of esters is 1. The van der Waals surface area contributed by atoms with Crippen LogP contribution in [0, 0.1) is 0 Å². The van der Waals surface area contributed by atoms with Crippen LogP contribution >= 0.6 is 0 Å². The molecule has 1 aliphatic carbocycles.